The van der Waals surface area contributed by atoms with E-state index in [1.54, 1.807) is 6.07 Å². The molecule has 0 heterocycles. The number of hydrogen-bond acceptors (Lipinski definition) is 3. The zero-order valence-corrected chi connectivity index (χ0v) is 33.9. The number of hydrogen-bond donors (Lipinski definition) is 0. The van der Waals surface area contributed by atoms with Crippen molar-refractivity contribution in [1.29, 1.82) is 0 Å². The molecule has 282 valence electrons. The molecule has 5 rings (SSSR count). The van der Waals surface area contributed by atoms with E-state index in [0.717, 1.165) is 70.9 Å². The van der Waals surface area contributed by atoms with E-state index in [-0.39, 0.29) is 0 Å². The van der Waals surface area contributed by atoms with Gasteiger partial charge in [-0.1, -0.05) is 20.3 Å². The van der Waals surface area contributed by atoms with Gasteiger partial charge in [0.1, 0.15) is 0 Å². The maximum absolute atomic E-state index is 15.6. The van der Waals surface area contributed by atoms with Gasteiger partial charge in [-0.05, 0) is 0 Å². The molecule has 0 saturated heterocycles. The predicted molar refractivity (Wildman–Crippen MR) is 229 cm³/mol. The van der Waals surface area contributed by atoms with Crippen molar-refractivity contribution in [3.63, 3.8) is 0 Å². The average Bonchev–Trinajstić information content (AvgIpc) is 3.21. The summed E-state index contributed by atoms with van der Waals surface area (Å²) < 4.78 is 38.6. The fourth-order valence-corrected chi connectivity index (χ4v) is 16.8. The first-order valence-corrected chi connectivity index (χ1v) is 23.9. The Kier molecular flexibility index (Phi) is 15.5. The van der Waals surface area contributed by atoms with E-state index < -0.39 is 16.9 Å². The SMILES string of the molecule is CCCCCCCCCc1cccc(S(=O)(=O)OP(c2ccccc2)(c2ccccc2)(c2ccccc2)c2ccccc2)c1CCCCCCCCC. The molecule has 0 N–H and O–H groups in total. The van der Waals surface area contributed by atoms with Crippen LogP contribution in [-0.4, -0.2) is 8.42 Å². The minimum absolute atomic E-state index is 0.316. The van der Waals surface area contributed by atoms with Crippen LogP contribution < -0.4 is 21.2 Å². The molecule has 0 unspecified atom stereocenters. The summed E-state index contributed by atoms with van der Waals surface area (Å²) in [6, 6.07) is 46.2. The molecular weight excluding hydrogens is 688 g/mol. The van der Waals surface area contributed by atoms with Gasteiger partial charge in [0.15, 0.2) is 0 Å². The molecule has 0 aromatic heterocycles. The van der Waals surface area contributed by atoms with Crippen LogP contribution in [0.5, 0.6) is 0 Å². The molecule has 0 fully saturated rings. The Morgan fingerprint density at radius 2 is 0.774 bits per heavy atom. The van der Waals surface area contributed by atoms with Crippen LogP contribution in [0.2, 0.25) is 0 Å². The van der Waals surface area contributed by atoms with E-state index >= 15 is 8.42 Å². The van der Waals surface area contributed by atoms with Gasteiger partial charge in [0.2, 0.25) is 0 Å². The molecule has 0 aliphatic rings. The Morgan fingerprint density at radius 3 is 1.17 bits per heavy atom. The van der Waals surface area contributed by atoms with Crippen LogP contribution >= 0.6 is 6.83 Å². The summed E-state index contributed by atoms with van der Waals surface area (Å²) in [5.41, 5.74) is 2.08. The molecule has 0 aliphatic heterocycles. The third-order valence-electron chi connectivity index (χ3n) is 10.8. The number of unbranched alkanes of at least 4 members (excludes halogenated alkanes) is 12. The van der Waals surface area contributed by atoms with Gasteiger partial charge >= 0.3 is 302 Å². The quantitative estimate of drug-likeness (QED) is 0.0493. The zero-order chi connectivity index (χ0) is 37.3. The van der Waals surface area contributed by atoms with Crippen molar-refractivity contribution in [2.24, 2.45) is 0 Å². The van der Waals surface area contributed by atoms with E-state index in [1.165, 1.54) is 64.2 Å². The predicted octanol–water partition coefficient (Wildman–Crippen LogP) is 11.7. The molecule has 0 atom stereocenters. The van der Waals surface area contributed by atoms with Gasteiger partial charge in [-0.25, -0.2) is 0 Å². The first-order chi connectivity index (χ1) is 26.0. The molecule has 5 aromatic rings. The molecular formula is C48H61O3PS. The minimum atomic E-state index is -4.45. The van der Waals surface area contributed by atoms with Crippen LogP contribution in [0.15, 0.2) is 144 Å². The van der Waals surface area contributed by atoms with E-state index in [1.807, 2.05) is 78.9 Å². The standard InChI is InChI=1S/C48H61O3PS/c1-3-5-7-9-11-13-19-30-42-31-29-41-48(47(42)40-28-14-12-10-8-6-4-2)53(49,50)51-52(43-32-20-15-21-33-43,44-34-22-16-23-35-44,45-36-24-17-25-37-45)46-38-26-18-27-39-46/h15-18,20-27,29,31-39,41H,3-14,19,28,30,40H2,1-2H3. The van der Waals surface area contributed by atoms with E-state index in [9.17, 15) is 0 Å². The molecule has 3 nitrogen and oxygen atoms in total. The third kappa shape index (κ3) is 9.40. The van der Waals surface area contributed by atoms with Crippen LogP contribution in [0.3, 0.4) is 0 Å². The molecule has 0 aliphatic carbocycles. The van der Waals surface area contributed by atoms with E-state index in [4.69, 9.17) is 3.97 Å². The zero-order valence-electron chi connectivity index (χ0n) is 32.2. The Hall–Kier alpha value is -3.56. The van der Waals surface area contributed by atoms with Gasteiger partial charge in [0.25, 0.3) is 0 Å². The first kappa shape index (κ1) is 40.6. The summed E-state index contributed by atoms with van der Waals surface area (Å²) in [5.74, 6) is 0. The molecule has 0 bridgehead atoms. The molecule has 5 heteroatoms. The molecule has 53 heavy (non-hydrogen) atoms. The second-order valence-corrected chi connectivity index (χ2v) is 20.6. The van der Waals surface area contributed by atoms with E-state index in [0.29, 0.717) is 4.90 Å². The minimum Gasteiger partial charge on any atom is -0.0654 e. The summed E-state index contributed by atoms with van der Waals surface area (Å²) in [7, 11) is -4.36. The Morgan fingerprint density at radius 1 is 0.415 bits per heavy atom. The number of rotatable bonds is 23. The Labute approximate surface area is 321 Å². The van der Waals surface area contributed by atoms with Crippen molar-refractivity contribution >= 4 is 38.2 Å². The van der Waals surface area contributed by atoms with Crippen LogP contribution in [0.25, 0.3) is 0 Å². The van der Waals surface area contributed by atoms with Gasteiger partial charge in [0, 0.05) is 0 Å². The molecule has 0 saturated carbocycles. The van der Waals surface area contributed by atoms with Crippen molar-refractivity contribution in [3.8, 4) is 0 Å². The average molecular weight is 749 g/mol. The fraction of sp³-hybridized carbons (Fsp3) is 0.375. The summed E-state index contributed by atoms with van der Waals surface area (Å²) in [6.45, 7) is 0.0581. The summed E-state index contributed by atoms with van der Waals surface area (Å²) in [6.07, 6.45) is 18.4. The van der Waals surface area contributed by atoms with Crippen molar-refractivity contribution in [3.05, 3.63) is 151 Å². The van der Waals surface area contributed by atoms with Crippen LogP contribution in [0.4, 0.5) is 0 Å². The van der Waals surface area contributed by atoms with Crippen molar-refractivity contribution in [2.45, 2.75) is 121 Å². The van der Waals surface area contributed by atoms with Crippen LogP contribution in [0.1, 0.15) is 115 Å². The first-order valence-electron chi connectivity index (χ1n) is 20.3. The summed E-state index contributed by atoms with van der Waals surface area (Å²) in [5, 5.41) is 3.38. The smallest absolute Gasteiger partial charge is 0.0654 e. The van der Waals surface area contributed by atoms with Crippen molar-refractivity contribution in [2.75, 3.05) is 0 Å². The molecule has 0 spiro atoms. The number of benzene rings is 5. The second-order valence-electron chi connectivity index (χ2n) is 14.5. The topological polar surface area (TPSA) is 43.4 Å². The second kappa shape index (κ2) is 20.2. The van der Waals surface area contributed by atoms with Crippen molar-refractivity contribution in [1.82, 2.24) is 0 Å². The monoisotopic (exact) mass is 748 g/mol. The van der Waals surface area contributed by atoms with Gasteiger partial charge in [-0.15, -0.1) is 0 Å². The van der Waals surface area contributed by atoms with Crippen LogP contribution in [0, 0.1) is 0 Å². The summed E-state index contributed by atoms with van der Waals surface area (Å²) in [4.78, 5) is 0.316. The Balaban J connectivity index is 1.66. The van der Waals surface area contributed by atoms with Gasteiger partial charge in [-0.2, -0.15) is 0 Å². The van der Waals surface area contributed by atoms with Crippen LogP contribution in [-0.2, 0) is 26.9 Å². The van der Waals surface area contributed by atoms with Gasteiger partial charge < -0.3 is 0 Å². The molecule has 0 amide bonds. The number of aryl methyl sites for hydroxylation is 1. The van der Waals surface area contributed by atoms with Crippen molar-refractivity contribution < 1.29 is 12.4 Å². The Bertz CT molecular complexity index is 1730. The van der Waals surface area contributed by atoms with Gasteiger partial charge in [-0.3, -0.25) is 0 Å². The molecule has 5 aromatic carbocycles. The normalized spacial score (nSPS) is 12.7. The fourth-order valence-electron chi connectivity index (χ4n) is 8.05. The maximum atomic E-state index is 15.6. The summed E-state index contributed by atoms with van der Waals surface area (Å²) >= 11 is 0. The van der Waals surface area contributed by atoms with E-state index in [2.05, 4.69) is 68.4 Å². The molecule has 0 radical (unpaired) electrons. The van der Waals surface area contributed by atoms with Gasteiger partial charge in [0.05, 0.1) is 0 Å². The third-order valence-corrected chi connectivity index (χ3v) is 18.9.